The highest BCUT2D eigenvalue weighted by Gasteiger charge is 2.24. The molecule has 0 bridgehead atoms. The predicted molar refractivity (Wildman–Crippen MR) is 161 cm³/mol. The molecule has 0 spiro atoms. The molecular formula is C34H34N2O4. The van der Waals surface area contributed by atoms with Gasteiger partial charge in [-0.25, -0.2) is 0 Å². The summed E-state index contributed by atoms with van der Waals surface area (Å²) in [7, 11) is 3.25. The van der Waals surface area contributed by atoms with Gasteiger partial charge in [-0.3, -0.25) is 9.98 Å². The molecule has 1 aliphatic rings. The van der Waals surface area contributed by atoms with Crippen molar-refractivity contribution in [3.05, 3.63) is 96.1 Å². The molecule has 0 saturated heterocycles. The Kier molecular flexibility index (Phi) is 8.45. The number of ether oxygens (including phenoxy) is 2. The van der Waals surface area contributed by atoms with E-state index < -0.39 is 0 Å². The van der Waals surface area contributed by atoms with E-state index in [-0.39, 0.29) is 23.6 Å². The molecule has 0 aromatic heterocycles. The van der Waals surface area contributed by atoms with Crippen molar-refractivity contribution in [2.45, 2.75) is 37.8 Å². The number of aromatic hydroxyl groups is 2. The summed E-state index contributed by atoms with van der Waals surface area (Å²) in [5.41, 5.74) is 4.36. The Labute approximate surface area is 235 Å². The van der Waals surface area contributed by atoms with Crippen LogP contribution in [0.15, 0.2) is 94.9 Å². The first-order valence-corrected chi connectivity index (χ1v) is 13.6. The minimum atomic E-state index is -0.0149. The number of phenolic OH excluding ortho intramolecular Hbond substituents is 2. The highest BCUT2D eigenvalue weighted by molar-refractivity contribution is 5.91. The number of para-hydroxylation sites is 4. The fourth-order valence-corrected chi connectivity index (χ4v) is 5.29. The number of rotatable bonds is 8. The number of hydrogen-bond donors (Lipinski definition) is 2. The molecule has 2 N–H and O–H groups in total. The van der Waals surface area contributed by atoms with Crippen LogP contribution >= 0.6 is 0 Å². The van der Waals surface area contributed by atoms with E-state index in [1.807, 2.05) is 84.9 Å². The van der Waals surface area contributed by atoms with Crippen molar-refractivity contribution in [2.75, 3.05) is 14.2 Å². The van der Waals surface area contributed by atoms with Gasteiger partial charge < -0.3 is 19.7 Å². The van der Waals surface area contributed by atoms with Crippen LogP contribution in [-0.2, 0) is 0 Å². The van der Waals surface area contributed by atoms with Gasteiger partial charge in [-0.1, -0.05) is 73.5 Å². The lowest BCUT2D eigenvalue weighted by atomic mass is 9.91. The molecule has 0 aliphatic heterocycles. The molecule has 6 nitrogen and oxygen atoms in total. The molecule has 6 heteroatoms. The fourth-order valence-electron chi connectivity index (χ4n) is 5.29. The van der Waals surface area contributed by atoms with E-state index in [4.69, 9.17) is 19.5 Å². The molecule has 4 aromatic carbocycles. The van der Waals surface area contributed by atoms with Gasteiger partial charge in [0.05, 0.1) is 26.3 Å². The average molecular weight is 535 g/mol. The van der Waals surface area contributed by atoms with Crippen molar-refractivity contribution in [2.24, 2.45) is 9.98 Å². The summed E-state index contributed by atoms with van der Waals surface area (Å²) < 4.78 is 11.0. The molecule has 0 radical (unpaired) electrons. The van der Waals surface area contributed by atoms with Crippen LogP contribution in [0.25, 0.3) is 22.3 Å². The number of benzene rings is 4. The topological polar surface area (TPSA) is 83.6 Å². The van der Waals surface area contributed by atoms with Crippen LogP contribution in [0.3, 0.4) is 0 Å². The fraction of sp³-hybridized carbons (Fsp3) is 0.235. The summed E-state index contributed by atoms with van der Waals surface area (Å²) >= 11 is 0. The maximum atomic E-state index is 11.1. The van der Waals surface area contributed by atoms with E-state index in [0.717, 1.165) is 36.8 Å². The molecule has 4 aromatic rings. The Morgan fingerprint density at radius 2 is 0.975 bits per heavy atom. The smallest absolute Gasteiger partial charge is 0.132 e. The lowest BCUT2D eigenvalue weighted by Gasteiger charge is -2.25. The Morgan fingerprint density at radius 1 is 0.575 bits per heavy atom. The Balaban J connectivity index is 1.38. The first-order valence-electron chi connectivity index (χ1n) is 13.6. The average Bonchev–Trinajstić information content (AvgIpc) is 3.00. The molecule has 0 amide bonds. The molecule has 5 rings (SSSR count). The lowest BCUT2D eigenvalue weighted by molar-refractivity contribution is 0.390. The van der Waals surface area contributed by atoms with E-state index in [0.29, 0.717) is 33.8 Å². The Morgan fingerprint density at radius 3 is 1.40 bits per heavy atom. The standard InChI is InChI=1S/C34H34N2O4/c1-39-31-19-7-3-13-25(31)27-15-9-11-23(33(27)37)21-35-29-17-5-6-18-30(29)36-22-24-12-10-16-28(34(24)38)26-14-4-8-20-32(26)40-2/h3-4,7-16,19-22,29-30,37-38H,5-6,17-18H2,1-2H3/t29-,30-/m1/s1. The second kappa shape index (κ2) is 12.5. The first kappa shape index (κ1) is 27.0. The predicted octanol–water partition coefficient (Wildman–Crippen LogP) is 7.30. The zero-order valence-corrected chi connectivity index (χ0v) is 22.8. The van der Waals surface area contributed by atoms with Crippen LogP contribution in [0.5, 0.6) is 23.0 Å². The maximum absolute atomic E-state index is 11.1. The third kappa shape index (κ3) is 5.71. The number of methoxy groups -OCH3 is 2. The SMILES string of the molecule is COc1ccccc1-c1cccc(C=N[C@@H]2CCCC[C@H]2N=Cc2cccc(-c3ccccc3OC)c2O)c1O. The molecule has 1 aliphatic carbocycles. The maximum Gasteiger partial charge on any atom is 0.132 e. The molecule has 0 heterocycles. The summed E-state index contributed by atoms with van der Waals surface area (Å²) in [6, 6.07) is 26.6. The van der Waals surface area contributed by atoms with Crippen molar-refractivity contribution in [3.8, 4) is 45.3 Å². The van der Waals surface area contributed by atoms with Gasteiger partial charge in [0.1, 0.15) is 23.0 Å². The molecule has 0 unspecified atom stereocenters. The lowest BCUT2D eigenvalue weighted by Crippen LogP contribution is -2.27. The Hall–Kier alpha value is -4.58. The van der Waals surface area contributed by atoms with E-state index in [2.05, 4.69) is 0 Å². The second-order valence-electron chi connectivity index (χ2n) is 9.86. The highest BCUT2D eigenvalue weighted by atomic mass is 16.5. The van der Waals surface area contributed by atoms with Gasteiger partial charge >= 0.3 is 0 Å². The number of hydrogen-bond acceptors (Lipinski definition) is 6. The molecule has 1 saturated carbocycles. The number of phenols is 2. The zero-order chi connectivity index (χ0) is 27.9. The first-order chi connectivity index (χ1) is 19.6. The molecular weight excluding hydrogens is 500 g/mol. The summed E-state index contributed by atoms with van der Waals surface area (Å²) in [6.45, 7) is 0. The largest absolute Gasteiger partial charge is 0.507 e. The van der Waals surface area contributed by atoms with Crippen molar-refractivity contribution >= 4 is 12.4 Å². The quantitative estimate of drug-likeness (QED) is 0.232. The van der Waals surface area contributed by atoms with Gasteiger partial charge in [0, 0.05) is 45.8 Å². The summed E-state index contributed by atoms with van der Waals surface area (Å²) in [5, 5.41) is 22.2. The molecule has 204 valence electrons. The minimum Gasteiger partial charge on any atom is -0.507 e. The van der Waals surface area contributed by atoms with Gasteiger partial charge in [-0.2, -0.15) is 0 Å². The number of aliphatic imine (C=N–C) groups is 2. The highest BCUT2D eigenvalue weighted by Crippen LogP contribution is 2.38. The third-order valence-electron chi connectivity index (χ3n) is 7.43. The molecule has 40 heavy (non-hydrogen) atoms. The van der Waals surface area contributed by atoms with Crippen LogP contribution in [0, 0.1) is 0 Å². The zero-order valence-electron chi connectivity index (χ0n) is 22.8. The minimum absolute atomic E-state index is 0.0149. The number of nitrogens with zero attached hydrogens (tertiary/aromatic N) is 2. The van der Waals surface area contributed by atoms with E-state index in [1.54, 1.807) is 26.6 Å². The van der Waals surface area contributed by atoms with Crippen molar-refractivity contribution in [1.82, 2.24) is 0 Å². The third-order valence-corrected chi connectivity index (χ3v) is 7.43. The van der Waals surface area contributed by atoms with Crippen LogP contribution in [-0.4, -0.2) is 48.9 Å². The van der Waals surface area contributed by atoms with Crippen LogP contribution in [0.2, 0.25) is 0 Å². The van der Waals surface area contributed by atoms with Gasteiger partial charge in [-0.15, -0.1) is 0 Å². The second-order valence-corrected chi connectivity index (χ2v) is 9.86. The molecule has 1 fully saturated rings. The van der Waals surface area contributed by atoms with Crippen LogP contribution < -0.4 is 9.47 Å². The van der Waals surface area contributed by atoms with Crippen molar-refractivity contribution < 1.29 is 19.7 Å². The molecule has 2 atom stereocenters. The van der Waals surface area contributed by atoms with Gasteiger partial charge in [0.2, 0.25) is 0 Å². The van der Waals surface area contributed by atoms with E-state index in [1.165, 1.54) is 0 Å². The van der Waals surface area contributed by atoms with E-state index >= 15 is 0 Å². The summed E-state index contributed by atoms with van der Waals surface area (Å²) in [5.74, 6) is 1.74. The van der Waals surface area contributed by atoms with Crippen molar-refractivity contribution in [3.63, 3.8) is 0 Å². The summed E-state index contributed by atoms with van der Waals surface area (Å²) in [6.07, 6.45) is 7.50. The van der Waals surface area contributed by atoms with Crippen LogP contribution in [0.4, 0.5) is 0 Å². The van der Waals surface area contributed by atoms with Gasteiger partial charge in [-0.05, 0) is 37.1 Å². The normalized spacial score (nSPS) is 17.4. The van der Waals surface area contributed by atoms with E-state index in [9.17, 15) is 10.2 Å². The van der Waals surface area contributed by atoms with Gasteiger partial charge in [0.25, 0.3) is 0 Å². The Bertz CT molecular complexity index is 1410. The monoisotopic (exact) mass is 534 g/mol. The van der Waals surface area contributed by atoms with Crippen LogP contribution in [0.1, 0.15) is 36.8 Å². The van der Waals surface area contributed by atoms with Gasteiger partial charge in [0.15, 0.2) is 0 Å². The van der Waals surface area contributed by atoms with Crippen molar-refractivity contribution in [1.29, 1.82) is 0 Å². The summed E-state index contributed by atoms with van der Waals surface area (Å²) in [4.78, 5) is 9.77.